The van der Waals surface area contributed by atoms with Gasteiger partial charge in [-0.05, 0) is 13.0 Å². The van der Waals surface area contributed by atoms with Crippen LogP contribution in [0.5, 0.6) is 0 Å². The van der Waals surface area contributed by atoms with Gasteiger partial charge in [0, 0.05) is 10.9 Å². The minimum absolute atomic E-state index is 0.0509. The maximum Gasteiger partial charge on any atom is 0.375 e. The number of rotatable bonds is 3. The van der Waals surface area contributed by atoms with Crippen molar-refractivity contribution in [1.82, 2.24) is 5.32 Å². The van der Waals surface area contributed by atoms with Crippen molar-refractivity contribution >= 4 is 40.5 Å². The molecular weight excluding hydrogens is 300 g/mol. The summed E-state index contributed by atoms with van der Waals surface area (Å²) in [6.07, 6.45) is 0. The molecule has 0 aliphatic heterocycles. The predicted molar refractivity (Wildman–Crippen MR) is 74.0 cm³/mol. The van der Waals surface area contributed by atoms with E-state index in [9.17, 15) is 14.4 Å². The fourth-order valence-corrected chi connectivity index (χ4v) is 1.99. The molecule has 0 saturated heterocycles. The van der Waals surface area contributed by atoms with Gasteiger partial charge in [-0.3, -0.25) is 10.1 Å². The summed E-state index contributed by atoms with van der Waals surface area (Å²) < 4.78 is 10.1. The summed E-state index contributed by atoms with van der Waals surface area (Å²) in [5.41, 5.74) is 5.67. The molecular formula is C13H11ClN2O5. The zero-order chi connectivity index (χ0) is 15.6. The molecule has 7 nitrogen and oxygen atoms in total. The van der Waals surface area contributed by atoms with E-state index in [2.05, 4.69) is 0 Å². The maximum atomic E-state index is 11.9. The number of aryl methyl sites for hydroxylation is 1. The summed E-state index contributed by atoms with van der Waals surface area (Å²) >= 11 is 5.97. The lowest BCUT2D eigenvalue weighted by Gasteiger charge is -2.02. The van der Waals surface area contributed by atoms with Crippen molar-refractivity contribution in [3.8, 4) is 0 Å². The Morgan fingerprint density at radius 1 is 1.38 bits per heavy atom. The summed E-state index contributed by atoms with van der Waals surface area (Å²) in [5, 5.41) is 2.81. The summed E-state index contributed by atoms with van der Waals surface area (Å²) in [5.74, 6) is -1.72. The Labute approximate surface area is 124 Å². The number of benzene rings is 1. The van der Waals surface area contributed by atoms with E-state index in [4.69, 9.17) is 26.5 Å². The second-order valence-electron chi connectivity index (χ2n) is 4.16. The van der Waals surface area contributed by atoms with E-state index in [1.165, 1.54) is 0 Å². The fourth-order valence-electron chi connectivity index (χ4n) is 1.77. The Kier molecular flexibility index (Phi) is 4.13. The number of halogens is 1. The smallest absolute Gasteiger partial charge is 0.375 e. The third kappa shape index (κ3) is 3.14. The van der Waals surface area contributed by atoms with Crippen LogP contribution in [-0.2, 0) is 9.53 Å². The van der Waals surface area contributed by atoms with E-state index >= 15 is 0 Å². The average Bonchev–Trinajstić information content (AvgIpc) is 2.75. The first-order valence-corrected chi connectivity index (χ1v) is 6.22. The number of amides is 3. The number of furan rings is 1. The van der Waals surface area contributed by atoms with Crippen LogP contribution in [0.25, 0.3) is 11.0 Å². The first-order valence-electron chi connectivity index (χ1n) is 5.84. The minimum Gasteiger partial charge on any atom is -0.450 e. The van der Waals surface area contributed by atoms with Crippen molar-refractivity contribution in [2.24, 2.45) is 5.73 Å². The van der Waals surface area contributed by atoms with E-state index in [-0.39, 0.29) is 5.76 Å². The number of ether oxygens (including phenoxy) is 1. The normalized spacial score (nSPS) is 10.4. The number of carbonyl (C=O) groups excluding carboxylic acids is 3. The monoisotopic (exact) mass is 310 g/mol. The summed E-state index contributed by atoms with van der Waals surface area (Å²) in [6, 6.07) is 4.07. The van der Waals surface area contributed by atoms with Crippen LogP contribution in [0.15, 0.2) is 22.6 Å². The van der Waals surface area contributed by atoms with Crippen molar-refractivity contribution in [2.45, 2.75) is 6.92 Å². The highest BCUT2D eigenvalue weighted by molar-refractivity contribution is 6.35. The fraction of sp³-hybridized carbons (Fsp3) is 0.154. The molecule has 1 aromatic heterocycles. The van der Waals surface area contributed by atoms with Gasteiger partial charge in [0.25, 0.3) is 5.91 Å². The molecule has 0 fully saturated rings. The zero-order valence-electron chi connectivity index (χ0n) is 10.9. The quantitative estimate of drug-likeness (QED) is 0.839. The molecule has 0 atom stereocenters. The van der Waals surface area contributed by atoms with Crippen molar-refractivity contribution in [3.05, 3.63) is 34.5 Å². The first kappa shape index (κ1) is 14.9. The first-order chi connectivity index (χ1) is 9.90. The van der Waals surface area contributed by atoms with E-state index in [0.717, 1.165) is 0 Å². The van der Waals surface area contributed by atoms with Crippen molar-refractivity contribution in [2.75, 3.05) is 6.61 Å². The SMILES string of the molecule is Cc1c(C(=O)OCC(=O)NC(N)=O)oc2c(Cl)cccc12. The lowest BCUT2D eigenvalue weighted by atomic mass is 10.1. The number of nitrogens with two attached hydrogens (primary N) is 1. The largest absolute Gasteiger partial charge is 0.450 e. The molecule has 3 N–H and O–H groups in total. The molecule has 1 heterocycles. The number of para-hydroxylation sites is 1. The number of nitrogens with one attached hydrogen (secondary N) is 1. The Hall–Kier alpha value is -2.54. The van der Waals surface area contributed by atoms with Crippen LogP contribution in [-0.4, -0.2) is 24.5 Å². The Morgan fingerprint density at radius 2 is 2.10 bits per heavy atom. The molecule has 1 aromatic carbocycles. The number of fused-ring (bicyclic) bond motifs is 1. The number of urea groups is 1. The van der Waals surface area contributed by atoms with Gasteiger partial charge in [0.15, 0.2) is 12.2 Å². The number of carbonyl (C=O) groups is 3. The van der Waals surface area contributed by atoms with E-state index in [1.807, 2.05) is 0 Å². The van der Waals surface area contributed by atoms with E-state index < -0.39 is 24.5 Å². The second kappa shape index (κ2) is 5.84. The van der Waals surface area contributed by atoms with Gasteiger partial charge >= 0.3 is 12.0 Å². The van der Waals surface area contributed by atoms with Gasteiger partial charge in [-0.1, -0.05) is 23.7 Å². The molecule has 0 aliphatic carbocycles. The highest BCUT2D eigenvalue weighted by Crippen LogP contribution is 2.30. The number of imide groups is 1. The zero-order valence-corrected chi connectivity index (χ0v) is 11.7. The number of primary amides is 1. The van der Waals surface area contributed by atoms with Crippen LogP contribution >= 0.6 is 11.6 Å². The van der Waals surface area contributed by atoms with Gasteiger partial charge in [0.2, 0.25) is 5.76 Å². The molecule has 2 rings (SSSR count). The van der Waals surface area contributed by atoms with Crippen molar-refractivity contribution in [3.63, 3.8) is 0 Å². The molecule has 110 valence electrons. The number of hydrogen-bond acceptors (Lipinski definition) is 5. The van der Waals surface area contributed by atoms with E-state index in [0.29, 0.717) is 21.6 Å². The third-order valence-electron chi connectivity index (χ3n) is 2.70. The predicted octanol–water partition coefficient (Wildman–Crippen LogP) is 1.75. The Balaban J connectivity index is 2.17. The molecule has 3 amide bonds. The van der Waals surface area contributed by atoms with Crippen molar-refractivity contribution in [1.29, 1.82) is 0 Å². The van der Waals surface area contributed by atoms with Crippen LogP contribution in [0.4, 0.5) is 4.79 Å². The van der Waals surface area contributed by atoms with Gasteiger partial charge < -0.3 is 14.9 Å². The highest BCUT2D eigenvalue weighted by Gasteiger charge is 2.21. The average molecular weight is 311 g/mol. The van der Waals surface area contributed by atoms with Gasteiger partial charge in [-0.25, -0.2) is 9.59 Å². The molecule has 0 spiro atoms. The Morgan fingerprint density at radius 3 is 2.71 bits per heavy atom. The maximum absolute atomic E-state index is 11.9. The number of hydrogen-bond donors (Lipinski definition) is 2. The van der Waals surface area contributed by atoms with E-state index in [1.54, 1.807) is 30.4 Å². The molecule has 21 heavy (non-hydrogen) atoms. The molecule has 8 heteroatoms. The van der Waals surface area contributed by atoms with Crippen LogP contribution in [0, 0.1) is 6.92 Å². The number of esters is 1. The molecule has 0 saturated carbocycles. The minimum atomic E-state index is -1.03. The Bertz CT molecular complexity index is 737. The standard InChI is InChI=1S/C13H11ClN2O5/c1-6-7-3-2-4-8(14)11(7)21-10(6)12(18)20-5-9(17)16-13(15)19/h2-4H,5H2,1H3,(H3,15,16,17,19). The van der Waals surface area contributed by atoms with Crippen LogP contribution < -0.4 is 11.1 Å². The summed E-state index contributed by atoms with van der Waals surface area (Å²) in [6.45, 7) is 1.02. The second-order valence-corrected chi connectivity index (χ2v) is 4.57. The topological polar surface area (TPSA) is 112 Å². The van der Waals surface area contributed by atoms with Gasteiger partial charge in [-0.15, -0.1) is 0 Å². The molecule has 0 bridgehead atoms. The molecule has 0 aliphatic rings. The lowest BCUT2D eigenvalue weighted by molar-refractivity contribution is -0.123. The molecule has 2 aromatic rings. The van der Waals surface area contributed by atoms with Crippen molar-refractivity contribution < 1.29 is 23.5 Å². The lowest BCUT2D eigenvalue weighted by Crippen LogP contribution is -2.37. The highest BCUT2D eigenvalue weighted by atomic mass is 35.5. The molecule has 0 radical (unpaired) electrons. The molecule has 0 unspecified atom stereocenters. The summed E-state index contributed by atoms with van der Waals surface area (Å²) in [7, 11) is 0. The van der Waals surface area contributed by atoms with Gasteiger partial charge in [0.05, 0.1) is 5.02 Å². The van der Waals surface area contributed by atoms with Gasteiger partial charge in [0.1, 0.15) is 0 Å². The van der Waals surface area contributed by atoms with Gasteiger partial charge in [-0.2, -0.15) is 0 Å². The third-order valence-corrected chi connectivity index (χ3v) is 3.00. The van der Waals surface area contributed by atoms with Crippen LogP contribution in [0.3, 0.4) is 0 Å². The summed E-state index contributed by atoms with van der Waals surface area (Å²) in [4.78, 5) is 33.5. The van der Waals surface area contributed by atoms with Crippen LogP contribution in [0.1, 0.15) is 16.1 Å². The van der Waals surface area contributed by atoms with Crippen LogP contribution in [0.2, 0.25) is 5.02 Å².